The number of ether oxygens (including phenoxy) is 1. The zero-order valence-electron chi connectivity index (χ0n) is 10.5. The van der Waals surface area contributed by atoms with Crippen LogP contribution in [-0.2, 0) is 4.74 Å². The molecule has 0 aliphatic heterocycles. The Morgan fingerprint density at radius 2 is 2.06 bits per heavy atom. The predicted molar refractivity (Wildman–Crippen MR) is 69.8 cm³/mol. The molecule has 0 amide bonds. The van der Waals surface area contributed by atoms with E-state index in [1.807, 2.05) is 38.1 Å². The molecule has 1 unspecified atom stereocenters. The highest BCUT2D eigenvalue weighted by Crippen LogP contribution is 2.27. The van der Waals surface area contributed by atoms with Crippen molar-refractivity contribution in [2.45, 2.75) is 25.5 Å². The second-order valence-electron chi connectivity index (χ2n) is 4.74. The molecule has 1 heterocycles. The highest BCUT2D eigenvalue weighted by Gasteiger charge is 2.27. The third-order valence-electron chi connectivity index (χ3n) is 3.26. The fourth-order valence-electron chi connectivity index (χ4n) is 1.82. The summed E-state index contributed by atoms with van der Waals surface area (Å²) in [6, 6.07) is 9.90. The number of nitrogens with two attached hydrogens (primary N) is 1. The summed E-state index contributed by atoms with van der Waals surface area (Å²) in [5.74, 6) is 0. The van der Waals surface area contributed by atoms with E-state index in [0.29, 0.717) is 0 Å². The van der Waals surface area contributed by atoms with Crippen LogP contribution in [-0.4, -0.2) is 17.7 Å². The molecule has 0 saturated heterocycles. The Morgan fingerprint density at radius 1 is 1.29 bits per heavy atom. The summed E-state index contributed by atoms with van der Waals surface area (Å²) in [6.45, 7) is 3.98. The summed E-state index contributed by atoms with van der Waals surface area (Å²) in [7, 11) is 1.68. The Morgan fingerprint density at radius 3 is 2.76 bits per heavy atom. The number of hydrogen-bond acceptors (Lipinski definition) is 3. The Bertz CT molecular complexity index is 522. The zero-order valence-corrected chi connectivity index (χ0v) is 10.5. The molecule has 1 atom stereocenters. The summed E-state index contributed by atoms with van der Waals surface area (Å²) < 4.78 is 5.43. The number of nitrogens with zero attached hydrogens (tertiary/aromatic N) is 1. The van der Waals surface area contributed by atoms with Crippen LogP contribution in [0.4, 0.5) is 0 Å². The lowest BCUT2D eigenvalue weighted by Gasteiger charge is -2.30. The molecule has 0 spiro atoms. The van der Waals surface area contributed by atoms with Gasteiger partial charge in [0.1, 0.15) is 0 Å². The first-order valence-electron chi connectivity index (χ1n) is 5.70. The quantitative estimate of drug-likeness (QED) is 0.881. The summed E-state index contributed by atoms with van der Waals surface area (Å²) >= 11 is 0. The largest absolute Gasteiger partial charge is 0.377 e. The minimum absolute atomic E-state index is 0.155. The normalized spacial score (nSPS) is 13.9. The number of pyridine rings is 1. The van der Waals surface area contributed by atoms with Gasteiger partial charge in [-0.05, 0) is 37.6 Å². The van der Waals surface area contributed by atoms with Crippen LogP contribution in [0.15, 0.2) is 36.5 Å². The van der Waals surface area contributed by atoms with Crippen LogP contribution < -0.4 is 5.73 Å². The van der Waals surface area contributed by atoms with Crippen molar-refractivity contribution >= 4 is 10.9 Å². The third-order valence-corrected chi connectivity index (χ3v) is 3.26. The van der Waals surface area contributed by atoms with Gasteiger partial charge >= 0.3 is 0 Å². The van der Waals surface area contributed by atoms with Gasteiger partial charge in [-0.3, -0.25) is 4.98 Å². The molecule has 0 bridgehead atoms. The lowest BCUT2D eigenvalue weighted by Crippen LogP contribution is -2.37. The SMILES string of the molecule is COC(C)(C)C(N)c1ccc2ncccc2c1. The van der Waals surface area contributed by atoms with Gasteiger partial charge in [-0.2, -0.15) is 0 Å². The molecule has 3 heteroatoms. The highest BCUT2D eigenvalue weighted by molar-refractivity contribution is 5.79. The van der Waals surface area contributed by atoms with E-state index in [9.17, 15) is 0 Å². The Balaban J connectivity index is 2.43. The van der Waals surface area contributed by atoms with Crippen molar-refractivity contribution in [3.8, 4) is 0 Å². The number of hydrogen-bond donors (Lipinski definition) is 1. The minimum Gasteiger partial charge on any atom is -0.377 e. The molecule has 0 fully saturated rings. The van der Waals surface area contributed by atoms with Crippen LogP contribution in [0.5, 0.6) is 0 Å². The molecule has 2 N–H and O–H groups in total. The van der Waals surface area contributed by atoms with Crippen LogP contribution in [0.1, 0.15) is 25.5 Å². The maximum atomic E-state index is 6.23. The maximum Gasteiger partial charge on any atom is 0.0814 e. The molecule has 2 aromatic rings. The van der Waals surface area contributed by atoms with Crippen LogP contribution >= 0.6 is 0 Å². The average molecular weight is 230 g/mol. The molecule has 3 nitrogen and oxygen atoms in total. The highest BCUT2D eigenvalue weighted by atomic mass is 16.5. The van der Waals surface area contributed by atoms with Crippen molar-refractivity contribution in [1.29, 1.82) is 0 Å². The minimum atomic E-state index is -0.379. The molecule has 90 valence electrons. The monoisotopic (exact) mass is 230 g/mol. The summed E-state index contributed by atoms with van der Waals surface area (Å²) in [5, 5.41) is 1.10. The van der Waals surface area contributed by atoms with Crippen LogP contribution in [0.25, 0.3) is 10.9 Å². The molecule has 0 radical (unpaired) electrons. The van der Waals surface area contributed by atoms with Gasteiger partial charge in [-0.15, -0.1) is 0 Å². The first kappa shape index (κ1) is 12.0. The topological polar surface area (TPSA) is 48.1 Å². The molecule has 1 aromatic carbocycles. The van der Waals surface area contributed by atoms with E-state index >= 15 is 0 Å². The van der Waals surface area contributed by atoms with Crippen molar-refractivity contribution in [2.24, 2.45) is 5.73 Å². The van der Waals surface area contributed by atoms with Gasteiger partial charge in [-0.1, -0.05) is 12.1 Å². The molecule has 17 heavy (non-hydrogen) atoms. The fourth-order valence-corrected chi connectivity index (χ4v) is 1.82. The predicted octanol–water partition coefficient (Wildman–Crippen LogP) is 2.66. The number of methoxy groups -OCH3 is 1. The molecule has 0 aliphatic rings. The molecular weight excluding hydrogens is 212 g/mol. The number of fused-ring (bicyclic) bond motifs is 1. The van der Waals surface area contributed by atoms with Crippen LogP contribution in [0, 0.1) is 0 Å². The van der Waals surface area contributed by atoms with E-state index in [-0.39, 0.29) is 11.6 Å². The van der Waals surface area contributed by atoms with Gasteiger partial charge in [0.2, 0.25) is 0 Å². The Labute approximate surface area is 102 Å². The van der Waals surface area contributed by atoms with E-state index in [1.54, 1.807) is 13.3 Å². The smallest absolute Gasteiger partial charge is 0.0814 e. The van der Waals surface area contributed by atoms with Crippen molar-refractivity contribution < 1.29 is 4.74 Å². The van der Waals surface area contributed by atoms with Crippen LogP contribution in [0.3, 0.4) is 0 Å². The third kappa shape index (κ3) is 2.30. The summed E-state index contributed by atoms with van der Waals surface area (Å²) in [5.41, 5.74) is 7.90. The average Bonchev–Trinajstić information content (AvgIpc) is 2.37. The van der Waals surface area contributed by atoms with E-state index < -0.39 is 0 Å². The maximum absolute atomic E-state index is 6.23. The van der Waals surface area contributed by atoms with E-state index in [1.165, 1.54) is 0 Å². The second-order valence-corrected chi connectivity index (χ2v) is 4.74. The number of aromatic nitrogens is 1. The molecule has 2 rings (SSSR count). The standard InChI is InChI=1S/C14H18N2O/c1-14(2,17-3)13(15)11-6-7-12-10(9-11)5-4-8-16-12/h4-9,13H,15H2,1-3H3. The first-order valence-corrected chi connectivity index (χ1v) is 5.70. The Kier molecular flexibility index (Phi) is 3.13. The molecule has 1 aromatic heterocycles. The van der Waals surface area contributed by atoms with Gasteiger partial charge in [-0.25, -0.2) is 0 Å². The molecule has 0 saturated carbocycles. The van der Waals surface area contributed by atoms with Gasteiger partial charge in [0, 0.05) is 18.7 Å². The summed E-state index contributed by atoms with van der Waals surface area (Å²) in [6.07, 6.45) is 1.79. The van der Waals surface area contributed by atoms with Gasteiger partial charge in [0.15, 0.2) is 0 Å². The molecular formula is C14H18N2O. The first-order chi connectivity index (χ1) is 8.04. The van der Waals surface area contributed by atoms with Crippen molar-refractivity contribution in [3.05, 3.63) is 42.1 Å². The zero-order chi connectivity index (χ0) is 12.5. The lowest BCUT2D eigenvalue weighted by molar-refractivity contribution is 0.00000166. The molecule has 0 aliphatic carbocycles. The van der Waals surface area contributed by atoms with Crippen molar-refractivity contribution in [1.82, 2.24) is 4.98 Å². The lowest BCUT2D eigenvalue weighted by atomic mass is 9.92. The summed E-state index contributed by atoms with van der Waals surface area (Å²) in [4.78, 5) is 4.29. The van der Waals surface area contributed by atoms with Crippen molar-refractivity contribution in [2.75, 3.05) is 7.11 Å². The van der Waals surface area contributed by atoms with Gasteiger partial charge in [0.25, 0.3) is 0 Å². The number of benzene rings is 1. The fraction of sp³-hybridized carbons (Fsp3) is 0.357. The van der Waals surface area contributed by atoms with E-state index in [4.69, 9.17) is 10.5 Å². The van der Waals surface area contributed by atoms with Gasteiger partial charge < -0.3 is 10.5 Å². The van der Waals surface area contributed by atoms with E-state index in [0.717, 1.165) is 16.5 Å². The van der Waals surface area contributed by atoms with Crippen molar-refractivity contribution in [3.63, 3.8) is 0 Å². The van der Waals surface area contributed by atoms with Gasteiger partial charge in [0.05, 0.1) is 17.2 Å². The number of rotatable bonds is 3. The second kappa shape index (κ2) is 4.43. The van der Waals surface area contributed by atoms with Crippen LogP contribution in [0.2, 0.25) is 0 Å². The Hall–Kier alpha value is -1.45. The van der Waals surface area contributed by atoms with E-state index in [2.05, 4.69) is 11.1 Å².